The Morgan fingerprint density at radius 1 is 0.341 bits per heavy atom. The molecule has 0 bridgehead atoms. The van der Waals surface area contributed by atoms with E-state index in [1.165, 1.54) is 66.1 Å². The highest BCUT2D eigenvalue weighted by molar-refractivity contribution is 6.17. The van der Waals surface area contributed by atoms with E-state index in [0.29, 0.717) is 23.2 Å². The third-order valence-corrected chi connectivity index (χ3v) is 17.8. The lowest BCUT2D eigenvalue weighted by molar-refractivity contribution is 0.666. The topological polar surface area (TPSA) is 52.9 Å². The van der Waals surface area contributed by atoms with Crippen LogP contribution in [0.15, 0.2) is 243 Å². The monoisotopic (exact) mass is 1050 g/mol. The average Bonchev–Trinajstić information content (AvgIpc) is 2.58. The molecule has 2 aliphatic rings. The van der Waals surface area contributed by atoms with Crippen LogP contribution in [0.2, 0.25) is 0 Å². The lowest BCUT2D eigenvalue weighted by atomic mass is 9.80. The predicted octanol–water partition coefficient (Wildman–Crippen LogP) is 19.6. The first-order valence-corrected chi connectivity index (χ1v) is 28.1. The quantitative estimate of drug-likeness (QED) is 0.149. The van der Waals surface area contributed by atoms with E-state index in [1.807, 2.05) is 54.6 Å². The fourth-order valence-corrected chi connectivity index (χ4v) is 14.2. The van der Waals surface area contributed by atoms with Crippen LogP contribution in [-0.2, 0) is 10.8 Å². The van der Waals surface area contributed by atoms with Crippen LogP contribution < -0.4 is 0 Å². The number of hydrogen-bond acceptors (Lipinski definition) is 3. The molecule has 6 heteroatoms. The third-order valence-electron chi connectivity index (χ3n) is 17.8. The summed E-state index contributed by atoms with van der Waals surface area (Å²) < 4.78 is 4.93. The van der Waals surface area contributed by atoms with E-state index in [1.54, 1.807) is 0 Å². The number of benzene rings is 11. The summed E-state index contributed by atoms with van der Waals surface area (Å²) in [6.07, 6.45) is 0. The molecule has 0 N–H and O–H groups in total. The van der Waals surface area contributed by atoms with Crippen LogP contribution in [0.1, 0.15) is 49.9 Å². The second-order valence-electron chi connectivity index (χ2n) is 22.9. The highest BCUT2D eigenvalue weighted by Gasteiger charge is 2.40. The molecule has 0 saturated carbocycles. The molecule has 3 aromatic heterocycles. The predicted molar refractivity (Wildman–Crippen MR) is 337 cm³/mol. The van der Waals surface area contributed by atoms with Gasteiger partial charge in [-0.1, -0.05) is 228 Å². The number of aromatic nitrogens is 5. The van der Waals surface area contributed by atoms with Crippen LogP contribution in [0.4, 0.5) is 5.69 Å². The van der Waals surface area contributed by atoms with Gasteiger partial charge in [-0.05, 0) is 104 Å². The van der Waals surface area contributed by atoms with Gasteiger partial charge in [-0.2, -0.15) is 0 Å². The number of nitrogens with zero attached hydrogens (tertiary/aromatic N) is 6. The standard InChI is InChI=1S/C76H52N6/c1-75(2)58-33-17-12-28-50(58)53-40-43-65-67(70(53)75)55-30-15-20-36-61(55)81(65)63-42-39-48(49-27-14-19-35-60(49)77-5)45-57(63)52-32-22-38-64(69(52)74-79-72(46-23-8-6-9-24-46)78-73(80-74)47-25-10-7-11-26-47)82-62-37-21-16-31-56(62)68-66(82)44-41-54-51-29-13-18-34-59(51)76(3,4)71(54)68/h6-45H,1-4H3. The molecule has 0 fully saturated rings. The van der Waals surface area contributed by atoms with Crippen LogP contribution in [-0.4, -0.2) is 24.1 Å². The van der Waals surface area contributed by atoms with E-state index in [4.69, 9.17) is 21.5 Å². The Kier molecular flexibility index (Phi) is 10.3. The Bertz CT molecular complexity index is 4990. The summed E-state index contributed by atoms with van der Waals surface area (Å²) in [5.74, 6) is 1.68. The van der Waals surface area contributed by atoms with Crippen molar-refractivity contribution in [3.05, 3.63) is 276 Å². The molecule has 14 aromatic rings. The maximum atomic E-state index is 8.40. The summed E-state index contributed by atoms with van der Waals surface area (Å²) in [6, 6.07) is 86.8. The molecule has 6 nitrogen and oxygen atoms in total. The molecule has 0 aliphatic heterocycles. The Labute approximate surface area is 475 Å². The van der Waals surface area contributed by atoms with E-state index in [0.717, 1.165) is 72.4 Å². The molecule has 82 heavy (non-hydrogen) atoms. The third kappa shape index (κ3) is 6.77. The summed E-state index contributed by atoms with van der Waals surface area (Å²) in [7, 11) is 0. The summed E-state index contributed by atoms with van der Waals surface area (Å²) >= 11 is 0. The Hall–Kier alpha value is -10.5. The van der Waals surface area contributed by atoms with Gasteiger partial charge in [-0.15, -0.1) is 0 Å². The van der Waals surface area contributed by atoms with Crippen LogP contribution >= 0.6 is 0 Å². The van der Waals surface area contributed by atoms with Gasteiger partial charge in [0, 0.05) is 49.1 Å². The van der Waals surface area contributed by atoms with Gasteiger partial charge in [-0.25, -0.2) is 19.8 Å². The normalized spacial score (nSPS) is 13.5. The smallest absolute Gasteiger partial charge is 0.194 e. The van der Waals surface area contributed by atoms with Crippen molar-refractivity contribution in [2.24, 2.45) is 0 Å². The van der Waals surface area contributed by atoms with Gasteiger partial charge >= 0.3 is 0 Å². The molecular weight excluding hydrogens is 997 g/mol. The van der Waals surface area contributed by atoms with E-state index in [9.17, 15) is 0 Å². The SMILES string of the molecule is [C-]#[N+]c1ccccc1-c1ccc(-n2c3ccccc3c3c4c(ccc32)-c2ccccc2C4(C)C)c(-c2cccc(-n3c4ccccc4c4c5c(ccc43)-c3ccccc3C5(C)C)c2-c2nc(-c3ccccc3)nc(-c3ccccc3)n2)c1. The van der Waals surface area contributed by atoms with E-state index < -0.39 is 0 Å². The molecule has 0 unspecified atom stereocenters. The maximum absolute atomic E-state index is 8.40. The zero-order chi connectivity index (χ0) is 55.0. The molecule has 0 saturated heterocycles. The van der Waals surface area contributed by atoms with Crippen molar-refractivity contribution in [2.75, 3.05) is 0 Å². The van der Waals surface area contributed by atoms with E-state index in [2.05, 4.69) is 230 Å². The van der Waals surface area contributed by atoms with Gasteiger partial charge in [0.05, 0.1) is 45.6 Å². The summed E-state index contributed by atoms with van der Waals surface area (Å²) in [5.41, 5.74) is 23.1. The van der Waals surface area contributed by atoms with Crippen molar-refractivity contribution in [2.45, 2.75) is 38.5 Å². The van der Waals surface area contributed by atoms with E-state index in [-0.39, 0.29) is 10.8 Å². The van der Waals surface area contributed by atoms with Gasteiger partial charge in [-0.3, -0.25) is 0 Å². The highest BCUT2D eigenvalue weighted by Crippen LogP contribution is 2.56. The van der Waals surface area contributed by atoms with Gasteiger partial charge in [0.25, 0.3) is 0 Å². The molecule has 0 radical (unpaired) electrons. The Morgan fingerprint density at radius 2 is 0.805 bits per heavy atom. The van der Waals surface area contributed by atoms with Gasteiger partial charge in [0.15, 0.2) is 23.2 Å². The van der Waals surface area contributed by atoms with Crippen molar-refractivity contribution in [3.63, 3.8) is 0 Å². The fraction of sp³-hybridized carbons (Fsp3) is 0.0789. The highest BCUT2D eigenvalue weighted by atomic mass is 15.1. The van der Waals surface area contributed by atoms with Crippen molar-refractivity contribution in [1.82, 2.24) is 24.1 Å². The molecule has 0 spiro atoms. The first-order chi connectivity index (χ1) is 40.2. The fourth-order valence-electron chi connectivity index (χ4n) is 14.2. The van der Waals surface area contributed by atoms with Gasteiger partial charge < -0.3 is 9.13 Å². The number of hydrogen-bond donors (Lipinski definition) is 0. The second kappa shape index (κ2) is 17.8. The second-order valence-corrected chi connectivity index (χ2v) is 22.9. The van der Waals surface area contributed by atoms with Crippen LogP contribution in [0.3, 0.4) is 0 Å². The first-order valence-electron chi connectivity index (χ1n) is 28.1. The molecule has 2 aliphatic carbocycles. The van der Waals surface area contributed by atoms with Crippen molar-refractivity contribution in [3.8, 4) is 90.0 Å². The molecule has 16 rings (SSSR count). The minimum atomic E-state index is -0.272. The molecule has 3 heterocycles. The zero-order valence-corrected chi connectivity index (χ0v) is 45.8. The maximum Gasteiger partial charge on any atom is 0.194 e. The lowest BCUT2D eigenvalue weighted by Gasteiger charge is -2.23. The summed E-state index contributed by atoms with van der Waals surface area (Å²) in [6.45, 7) is 17.9. The molecular formula is C76H52N6. The minimum absolute atomic E-state index is 0.260. The van der Waals surface area contributed by atoms with Crippen molar-refractivity contribution < 1.29 is 0 Å². The molecule has 386 valence electrons. The number of rotatable bonds is 7. The van der Waals surface area contributed by atoms with Crippen LogP contribution in [0.25, 0.3) is 139 Å². The minimum Gasteiger partial charge on any atom is -0.309 e. The van der Waals surface area contributed by atoms with Crippen LogP contribution in [0, 0.1) is 6.57 Å². The first kappa shape index (κ1) is 47.5. The van der Waals surface area contributed by atoms with Crippen LogP contribution in [0.5, 0.6) is 0 Å². The number of para-hydroxylation sites is 3. The molecule has 11 aromatic carbocycles. The van der Waals surface area contributed by atoms with Gasteiger partial charge in [0.2, 0.25) is 0 Å². The number of fused-ring (bicyclic) bond motifs is 14. The van der Waals surface area contributed by atoms with Crippen molar-refractivity contribution in [1.29, 1.82) is 0 Å². The van der Waals surface area contributed by atoms with Crippen molar-refractivity contribution >= 4 is 49.3 Å². The van der Waals surface area contributed by atoms with E-state index >= 15 is 0 Å². The summed E-state index contributed by atoms with van der Waals surface area (Å²) in [5, 5.41) is 4.85. The Morgan fingerprint density at radius 3 is 1.37 bits per heavy atom. The average molecular weight is 1050 g/mol. The largest absolute Gasteiger partial charge is 0.309 e. The molecule has 0 amide bonds. The van der Waals surface area contributed by atoms with Gasteiger partial charge in [0.1, 0.15) is 0 Å². The zero-order valence-electron chi connectivity index (χ0n) is 45.8. The lowest BCUT2D eigenvalue weighted by Crippen LogP contribution is -2.15. The molecule has 0 atom stereocenters. The Balaban J connectivity index is 1.06. The summed E-state index contributed by atoms with van der Waals surface area (Å²) in [4.78, 5) is 20.6.